The average Bonchev–Trinajstić information content (AvgIpc) is 3.54. The number of anilines is 2. The van der Waals surface area contributed by atoms with Crippen LogP contribution in [0.4, 0.5) is 11.4 Å². The van der Waals surface area contributed by atoms with Crippen molar-refractivity contribution in [3.05, 3.63) is 53.6 Å². The van der Waals surface area contributed by atoms with Gasteiger partial charge in [0.15, 0.2) is 0 Å². The van der Waals surface area contributed by atoms with Gasteiger partial charge in [-0.15, -0.1) is 0 Å². The molecule has 8 nitrogen and oxygen atoms in total. The molecular formula is C28H35N3O5S2. The normalized spacial score (nSPS) is 22.6. The number of carbonyl (C=O) groups is 1. The van der Waals surface area contributed by atoms with Crippen molar-refractivity contribution in [2.75, 3.05) is 22.4 Å². The van der Waals surface area contributed by atoms with E-state index in [0.29, 0.717) is 23.2 Å². The van der Waals surface area contributed by atoms with Gasteiger partial charge >= 0.3 is 0 Å². The topological polar surface area (TPSA) is 113 Å². The van der Waals surface area contributed by atoms with Crippen LogP contribution in [0.15, 0.2) is 47.4 Å². The Balaban J connectivity index is 1.33. The van der Waals surface area contributed by atoms with Crippen molar-refractivity contribution in [1.82, 2.24) is 4.72 Å². The molecule has 6 rings (SSSR count). The lowest BCUT2D eigenvalue weighted by molar-refractivity contribution is 0.0980. The van der Waals surface area contributed by atoms with Gasteiger partial charge in [-0.3, -0.25) is 9.52 Å². The van der Waals surface area contributed by atoms with Crippen molar-refractivity contribution in [3.8, 4) is 0 Å². The van der Waals surface area contributed by atoms with Crippen LogP contribution >= 0.6 is 0 Å². The Morgan fingerprint density at radius 1 is 0.895 bits per heavy atom. The third-order valence-electron chi connectivity index (χ3n) is 9.32. The summed E-state index contributed by atoms with van der Waals surface area (Å²) in [5, 5.41) is 0. The van der Waals surface area contributed by atoms with E-state index in [4.69, 9.17) is 0 Å². The first-order chi connectivity index (χ1) is 17.8. The first kappa shape index (κ1) is 25.8. The van der Waals surface area contributed by atoms with Crippen LogP contribution in [0.25, 0.3) is 0 Å². The Kier molecular flexibility index (Phi) is 5.80. The van der Waals surface area contributed by atoms with Gasteiger partial charge in [0.2, 0.25) is 20.0 Å². The second kappa shape index (κ2) is 8.53. The molecule has 4 aliphatic rings. The van der Waals surface area contributed by atoms with E-state index in [2.05, 4.69) is 9.44 Å². The van der Waals surface area contributed by atoms with Gasteiger partial charge in [-0.25, -0.2) is 21.6 Å². The summed E-state index contributed by atoms with van der Waals surface area (Å²) in [7, 11) is -7.20. The number of sulfonamides is 2. The zero-order valence-corrected chi connectivity index (χ0v) is 23.6. The zero-order chi connectivity index (χ0) is 27.0. The standard InChI is InChI=1S/C28H35N3O5S2/c1-26(9-4-10-26)30-38(35,36)22-6-3-5-20(17-22)25(32)31-19-28(15-13-27(11-12-27)14-16-28)23-18-21(7-8-24(23)31)29-37(2,33)34/h3,5-8,17-18,29-30H,4,9-16,19H2,1-2H3. The van der Waals surface area contributed by atoms with E-state index >= 15 is 0 Å². The van der Waals surface area contributed by atoms with Crippen molar-refractivity contribution in [1.29, 1.82) is 0 Å². The fourth-order valence-corrected chi connectivity index (χ4v) is 8.70. The molecule has 38 heavy (non-hydrogen) atoms. The van der Waals surface area contributed by atoms with E-state index in [0.717, 1.165) is 62.5 Å². The molecule has 1 aliphatic heterocycles. The van der Waals surface area contributed by atoms with Gasteiger partial charge in [-0.1, -0.05) is 6.07 Å². The van der Waals surface area contributed by atoms with Crippen molar-refractivity contribution in [2.24, 2.45) is 5.41 Å². The molecule has 0 unspecified atom stereocenters. The van der Waals surface area contributed by atoms with Crippen LogP contribution in [-0.2, 0) is 25.5 Å². The fourth-order valence-electron chi connectivity index (χ4n) is 6.64. The molecule has 0 saturated heterocycles. The maximum Gasteiger partial charge on any atom is 0.258 e. The van der Waals surface area contributed by atoms with Crippen molar-refractivity contribution >= 4 is 37.3 Å². The molecule has 0 radical (unpaired) electrons. The summed E-state index contributed by atoms with van der Waals surface area (Å²) in [4.78, 5) is 15.8. The molecule has 2 N–H and O–H groups in total. The highest BCUT2D eigenvalue weighted by molar-refractivity contribution is 7.92. The van der Waals surface area contributed by atoms with Crippen LogP contribution in [0.3, 0.4) is 0 Å². The highest BCUT2D eigenvalue weighted by atomic mass is 32.2. The molecule has 2 aromatic carbocycles. The highest BCUT2D eigenvalue weighted by Gasteiger charge is 2.53. The number of rotatable bonds is 6. The molecule has 3 aliphatic carbocycles. The molecule has 3 fully saturated rings. The van der Waals surface area contributed by atoms with Gasteiger partial charge in [-0.05, 0) is 112 Å². The van der Waals surface area contributed by atoms with Gasteiger partial charge in [0.05, 0.1) is 11.2 Å². The second-order valence-corrected chi connectivity index (χ2v) is 15.8. The SMILES string of the molecule is CC1(NS(=O)(=O)c2cccc(C(=O)N3CC4(CCC5(CC5)CC4)c4cc(NS(C)(=O)=O)ccc43)c2)CCC1. The molecule has 204 valence electrons. The minimum absolute atomic E-state index is 0.0895. The van der Waals surface area contributed by atoms with Crippen LogP contribution in [0.2, 0.25) is 0 Å². The quantitative estimate of drug-likeness (QED) is 0.542. The van der Waals surface area contributed by atoms with Gasteiger partial charge in [-0.2, -0.15) is 0 Å². The summed E-state index contributed by atoms with van der Waals surface area (Å²) in [5.41, 5.74) is 2.37. The highest BCUT2D eigenvalue weighted by Crippen LogP contribution is 2.62. The third kappa shape index (κ3) is 4.64. The van der Waals surface area contributed by atoms with Crippen molar-refractivity contribution in [2.45, 2.75) is 80.6 Å². The number of fused-ring (bicyclic) bond motifs is 2. The fraction of sp³-hybridized carbons (Fsp3) is 0.536. The van der Waals surface area contributed by atoms with Crippen molar-refractivity contribution in [3.63, 3.8) is 0 Å². The summed E-state index contributed by atoms with van der Waals surface area (Å²) < 4.78 is 55.4. The monoisotopic (exact) mass is 557 g/mol. The summed E-state index contributed by atoms with van der Waals surface area (Å²) >= 11 is 0. The van der Waals surface area contributed by atoms with Gasteiger partial charge in [0.25, 0.3) is 5.91 Å². The largest absolute Gasteiger partial charge is 0.307 e. The van der Waals surface area contributed by atoms with E-state index in [1.165, 1.54) is 25.0 Å². The summed E-state index contributed by atoms with van der Waals surface area (Å²) in [6, 6.07) is 11.7. The second-order valence-electron chi connectivity index (χ2n) is 12.3. The van der Waals surface area contributed by atoms with Crippen LogP contribution in [-0.4, -0.2) is 41.1 Å². The molecule has 1 heterocycles. The number of nitrogens with one attached hydrogen (secondary N) is 2. The summed E-state index contributed by atoms with van der Waals surface area (Å²) in [5.74, 6) is -0.245. The van der Waals surface area contributed by atoms with E-state index < -0.39 is 25.6 Å². The first-order valence-electron chi connectivity index (χ1n) is 13.4. The van der Waals surface area contributed by atoms with Gasteiger partial charge < -0.3 is 4.90 Å². The predicted octanol–water partition coefficient (Wildman–Crippen LogP) is 4.53. The smallest absolute Gasteiger partial charge is 0.258 e. The van der Waals surface area contributed by atoms with Crippen LogP contribution in [0.1, 0.15) is 80.6 Å². The average molecular weight is 558 g/mol. The van der Waals surface area contributed by atoms with Gasteiger partial charge in [0, 0.05) is 34.4 Å². The molecule has 2 aromatic rings. The molecule has 2 spiro atoms. The predicted molar refractivity (Wildman–Crippen MR) is 147 cm³/mol. The lowest BCUT2D eigenvalue weighted by Crippen LogP contribution is -2.50. The number of carbonyl (C=O) groups excluding carboxylic acids is 1. The number of nitrogens with zero attached hydrogens (tertiary/aromatic N) is 1. The number of benzene rings is 2. The Morgan fingerprint density at radius 2 is 1.58 bits per heavy atom. The molecule has 1 amide bonds. The Bertz CT molecular complexity index is 1520. The Hall–Kier alpha value is -2.43. The lowest BCUT2D eigenvalue weighted by Gasteiger charge is -2.38. The number of hydrogen-bond acceptors (Lipinski definition) is 5. The maximum atomic E-state index is 13.9. The molecule has 0 bridgehead atoms. The van der Waals surface area contributed by atoms with E-state index in [-0.39, 0.29) is 16.2 Å². The number of amides is 1. The van der Waals surface area contributed by atoms with E-state index in [1.807, 2.05) is 19.1 Å². The van der Waals surface area contributed by atoms with E-state index in [1.54, 1.807) is 23.1 Å². The van der Waals surface area contributed by atoms with Crippen LogP contribution < -0.4 is 14.3 Å². The van der Waals surface area contributed by atoms with Crippen molar-refractivity contribution < 1.29 is 21.6 Å². The molecule has 10 heteroatoms. The number of hydrogen-bond donors (Lipinski definition) is 2. The summed E-state index contributed by atoms with van der Waals surface area (Å²) in [6.07, 6.45) is 10.4. The summed E-state index contributed by atoms with van der Waals surface area (Å²) in [6.45, 7) is 2.42. The molecule has 0 aromatic heterocycles. The Labute approximate surface area is 225 Å². The third-order valence-corrected chi connectivity index (χ3v) is 11.6. The van der Waals surface area contributed by atoms with Crippen LogP contribution in [0, 0.1) is 5.41 Å². The van der Waals surface area contributed by atoms with Crippen LogP contribution in [0.5, 0.6) is 0 Å². The maximum absolute atomic E-state index is 13.9. The minimum atomic E-state index is -3.76. The molecule has 0 atom stereocenters. The van der Waals surface area contributed by atoms with Gasteiger partial charge in [0.1, 0.15) is 0 Å². The zero-order valence-electron chi connectivity index (χ0n) is 21.9. The molecule has 3 saturated carbocycles. The Morgan fingerprint density at radius 3 is 2.18 bits per heavy atom. The van der Waals surface area contributed by atoms with E-state index in [9.17, 15) is 21.6 Å². The minimum Gasteiger partial charge on any atom is -0.307 e. The first-order valence-corrected chi connectivity index (χ1v) is 16.8. The lowest BCUT2D eigenvalue weighted by atomic mass is 9.66. The molecular weight excluding hydrogens is 522 g/mol.